The summed E-state index contributed by atoms with van der Waals surface area (Å²) in [7, 11) is 2.15. The molecule has 0 bridgehead atoms. The number of ketones is 1. The van der Waals surface area contributed by atoms with Crippen LogP contribution in [0.4, 0.5) is 0 Å². The zero-order valence-corrected chi connectivity index (χ0v) is 18.8. The molecule has 0 amide bonds. The van der Waals surface area contributed by atoms with Gasteiger partial charge in [0.15, 0.2) is 5.82 Å². The minimum Gasteiger partial charge on any atom is -0.304 e. The fourth-order valence-corrected chi connectivity index (χ4v) is 4.05. The topological polar surface area (TPSA) is 67.2 Å². The van der Waals surface area contributed by atoms with Gasteiger partial charge in [0.1, 0.15) is 11.5 Å². The predicted molar refractivity (Wildman–Crippen MR) is 119 cm³/mol. The first kappa shape index (κ1) is 20.8. The SMILES string of the molecule is CCc1nnc(CN2CCN(C)CC2)n1-c1ccc(Br)cc1C(=O)c1ccccn1. The van der Waals surface area contributed by atoms with Gasteiger partial charge in [-0.3, -0.25) is 19.2 Å². The molecule has 1 fully saturated rings. The van der Waals surface area contributed by atoms with Gasteiger partial charge in [0.2, 0.25) is 5.78 Å². The molecule has 30 heavy (non-hydrogen) atoms. The van der Waals surface area contributed by atoms with E-state index in [9.17, 15) is 4.79 Å². The molecule has 1 saturated heterocycles. The van der Waals surface area contributed by atoms with E-state index < -0.39 is 0 Å². The van der Waals surface area contributed by atoms with Crippen molar-refractivity contribution in [3.8, 4) is 5.69 Å². The lowest BCUT2D eigenvalue weighted by Crippen LogP contribution is -2.44. The van der Waals surface area contributed by atoms with Crippen molar-refractivity contribution in [1.29, 1.82) is 0 Å². The van der Waals surface area contributed by atoms with Crippen LogP contribution in [-0.4, -0.2) is 68.6 Å². The molecular formula is C22H25BrN6O. The summed E-state index contributed by atoms with van der Waals surface area (Å²) in [5.41, 5.74) is 1.79. The van der Waals surface area contributed by atoms with Crippen LogP contribution >= 0.6 is 15.9 Å². The van der Waals surface area contributed by atoms with Crippen molar-refractivity contribution in [3.05, 3.63) is 70.0 Å². The fourth-order valence-electron chi connectivity index (χ4n) is 3.69. The highest BCUT2D eigenvalue weighted by Crippen LogP contribution is 2.25. The van der Waals surface area contributed by atoms with Crippen LogP contribution in [0.3, 0.4) is 0 Å². The standard InChI is InChI=1S/C22H25BrN6O/c1-3-20-25-26-21(15-28-12-10-27(2)11-13-28)29(20)19-8-7-16(23)14-17(19)22(30)18-6-4-5-9-24-18/h4-9,14H,3,10-13,15H2,1-2H3. The first-order valence-corrected chi connectivity index (χ1v) is 11.0. The second-order valence-corrected chi connectivity index (χ2v) is 8.42. The molecule has 1 aliphatic heterocycles. The number of aromatic nitrogens is 4. The Morgan fingerprint density at radius 3 is 2.53 bits per heavy atom. The smallest absolute Gasteiger partial charge is 0.213 e. The van der Waals surface area contributed by atoms with Crippen LogP contribution in [0.2, 0.25) is 0 Å². The summed E-state index contributed by atoms with van der Waals surface area (Å²) < 4.78 is 2.89. The van der Waals surface area contributed by atoms with Gasteiger partial charge in [0.05, 0.1) is 12.2 Å². The van der Waals surface area contributed by atoms with Crippen LogP contribution in [0.15, 0.2) is 47.1 Å². The normalized spacial score (nSPS) is 15.4. The summed E-state index contributed by atoms with van der Waals surface area (Å²) >= 11 is 3.51. The number of benzene rings is 1. The van der Waals surface area contributed by atoms with Gasteiger partial charge < -0.3 is 4.90 Å². The molecule has 7 nitrogen and oxygen atoms in total. The molecule has 8 heteroatoms. The van der Waals surface area contributed by atoms with Gasteiger partial charge in [-0.05, 0) is 37.4 Å². The first-order chi connectivity index (χ1) is 14.6. The number of rotatable bonds is 6. The second-order valence-electron chi connectivity index (χ2n) is 7.51. The van der Waals surface area contributed by atoms with Crippen molar-refractivity contribution in [2.75, 3.05) is 33.2 Å². The first-order valence-electron chi connectivity index (χ1n) is 10.2. The molecule has 0 unspecified atom stereocenters. The number of nitrogens with zero attached hydrogens (tertiary/aromatic N) is 6. The molecule has 0 aliphatic carbocycles. The second kappa shape index (κ2) is 9.16. The summed E-state index contributed by atoms with van der Waals surface area (Å²) in [6, 6.07) is 11.1. The molecule has 3 aromatic rings. The molecule has 0 N–H and O–H groups in total. The largest absolute Gasteiger partial charge is 0.304 e. The minimum atomic E-state index is -0.117. The molecule has 0 saturated carbocycles. The third-order valence-corrected chi connectivity index (χ3v) is 5.91. The third-order valence-electron chi connectivity index (χ3n) is 5.42. The van der Waals surface area contributed by atoms with E-state index in [1.54, 1.807) is 12.3 Å². The molecule has 1 aromatic carbocycles. The van der Waals surface area contributed by atoms with Gasteiger partial charge in [-0.2, -0.15) is 0 Å². The van der Waals surface area contributed by atoms with E-state index in [4.69, 9.17) is 0 Å². The third kappa shape index (κ3) is 4.35. The Bertz CT molecular complexity index is 1030. The maximum Gasteiger partial charge on any atom is 0.213 e. The highest BCUT2D eigenvalue weighted by atomic mass is 79.9. The Labute approximate surface area is 184 Å². The van der Waals surface area contributed by atoms with E-state index in [-0.39, 0.29) is 5.78 Å². The Kier molecular flexibility index (Phi) is 6.36. The highest BCUT2D eigenvalue weighted by molar-refractivity contribution is 9.10. The predicted octanol–water partition coefficient (Wildman–Crippen LogP) is 2.97. The van der Waals surface area contributed by atoms with Crippen molar-refractivity contribution >= 4 is 21.7 Å². The number of piperazine rings is 1. The molecule has 0 atom stereocenters. The van der Waals surface area contributed by atoms with Crippen LogP contribution in [0.25, 0.3) is 5.69 Å². The number of likely N-dealkylation sites (N-methyl/N-ethyl adjacent to an activating group) is 1. The quantitative estimate of drug-likeness (QED) is 0.518. The zero-order chi connectivity index (χ0) is 21.1. The Balaban J connectivity index is 1.75. The van der Waals surface area contributed by atoms with Crippen molar-refractivity contribution in [2.24, 2.45) is 0 Å². The van der Waals surface area contributed by atoms with E-state index in [1.807, 2.05) is 34.9 Å². The van der Waals surface area contributed by atoms with Crippen LogP contribution in [0.1, 0.15) is 34.6 Å². The average molecular weight is 469 g/mol. The van der Waals surface area contributed by atoms with Crippen molar-refractivity contribution in [1.82, 2.24) is 29.5 Å². The highest BCUT2D eigenvalue weighted by Gasteiger charge is 2.23. The van der Waals surface area contributed by atoms with E-state index in [1.165, 1.54) is 0 Å². The van der Waals surface area contributed by atoms with Crippen LogP contribution < -0.4 is 0 Å². The minimum absolute atomic E-state index is 0.117. The summed E-state index contributed by atoms with van der Waals surface area (Å²) in [4.78, 5) is 22.3. The molecule has 156 valence electrons. The molecular weight excluding hydrogens is 444 g/mol. The van der Waals surface area contributed by atoms with Gasteiger partial charge in [0, 0.05) is 48.8 Å². The van der Waals surface area contributed by atoms with Gasteiger partial charge in [-0.15, -0.1) is 10.2 Å². The van der Waals surface area contributed by atoms with Crippen molar-refractivity contribution < 1.29 is 4.79 Å². The number of carbonyl (C=O) groups excluding carboxylic acids is 1. The molecule has 0 radical (unpaired) electrons. The fraction of sp³-hybridized carbons (Fsp3) is 0.364. The van der Waals surface area contributed by atoms with Crippen LogP contribution in [-0.2, 0) is 13.0 Å². The van der Waals surface area contributed by atoms with Gasteiger partial charge >= 0.3 is 0 Å². The molecule has 4 rings (SSSR count). The number of carbonyl (C=O) groups is 1. The summed E-state index contributed by atoms with van der Waals surface area (Å²) in [5.74, 6) is 1.58. The Hall–Kier alpha value is -2.42. The zero-order valence-electron chi connectivity index (χ0n) is 17.3. The van der Waals surface area contributed by atoms with Crippen LogP contribution in [0, 0.1) is 0 Å². The summed E-state index contributed by atoms with van der Waals surface area (Å²) in [6.45, 7) is 6.82. The van der Waals surface area contributed by atoms with E-state index in [0.717, 1.165) is 54.4 Å². The lowest BCUT2D eigenvalue weighted by Gasteiger charge is -2.32. The number of aryl methyl sites for hydroxylation is 1. The summed E-state index contributed by atoms with van der Waals surface area (Å²) in [6.07, 6.45) is 2.36. The average Bonchev–Trinajstić information content (AvgIpc) is 3.17. The lowest BCUT2D eigenvalue weighted by atomic mass is 10.0. The molecule has 1 aliphatic rings. The van der Waals surface area contributed by atoms with Crippen LogP contribution in [0.5, 0.6) is 0 Å². The molecule has 0 spiro atoms. The maximum absolute atomic E-state index is 13.3. The van der Waals surface area contributed by atoms with E-state index >= 15 is 0 Å². The number of hydrogen-bond acceptors (Lipinski definition) is 6. The number of halogens is 1. The van der Waals surface area contributed by atoms with E-state index in [0.29, 0.717) is 17.8 Å². The Morgan fingerprint density at radius 1 is 1.07 bits per heavy atom. The lowest BCUT2D eigenvalue weighted by molar-refractivity contribution is 0.103. The molecule has 2 aromatic heterocycles. The van der Waals surface area contributed by atoms with Gasteiger partial charge in [-0.25, -0.2) is 0 Å². The maximum atomic E-state index is 13.3. The van der Waals surface area contributed by atoms with Gasteiger partial charge in [-0.1, -0.05) is 28.9 Å². The van der Waals surface area contributed by atoms with Crippen molar-refractivity contribution in [2.45, 2.75) is 19.9 Å². The molecule has 3 heterocycles. The number of pyridine rings is 1. The van der Waals surface area contributed by atoms with E-state index in [2.05, 4.69) is 54.9 Å². The van der Waals surface area contributed by atoms with Gasteiger partial charge in [0.25, 0.3) is 0 Å². The Morgan fingerprint density at radius 2 is 1.83 bits per heavy atom. The summed E-state index contributed by atoms with van der Waals surface area (Å²) in [5, 5.41) is 8.92. The van der Waals surface area contributed by atoms with Crippen molar-refractivity contribution in [3.63, 3.8) is 0 Å². The number of hydrogen-bond donors (Lipinski definition) is 0. The monoisotopic (exact) mass is 468 g/mol.